The van der Waals surface area contributed by atoms with E-state index in [1.54, 1.807) is 16.7 Å². The molecule has 2 aromatic carbocycles. The number of amides is 1. The zero-order chi connectivity index (χ0) is 22.7. The monoisotopic (exact) mass is 431 g/mol. The molecular formula is C25H26FN5O. The lowest BCUT2D eigenvalue weighted by Gasteiger charge is -2.35. The number of halogens is 1. The molecule has 3 aromatic rings. The van der Waals surface area contributed by atoms with E-state index in [4.69, 9.17) is 0 Å². The smallest absolute Gasteiger partial charge is 0.239 e. The lowest BCUT2D eigenvalue weighted by atomic mass is 10.2. The molecule has 1 aliphatic rings. The Morgan fingerprint density at radius 3 is 2.28 bits per heavy atom. The molecule has 1 fully saturated rings. The van der Waals surface area contributed by atoms with Crippen molar-refractivity contribution in [1.29, 1.82) is 5.26 Å². The molecule has 0 unspecified atom stereocenters. The summed E-state index contributed by atoms with van der Waals surface area (Å²) in [6.07, 6.45) is 0. The maximum Gasteiger partial charge on any atom is 0.239 e. The molecule has 1 aliphatic heterocycles. The van der Waals surface area contributed by atoms with Crippen molar-refractivity contribution in [3.63, 3.8) is 0 Å². The Labute approximate surface area is 187 Å². The predicted molar refractivity (Wildman–Crippen MR) is 124 cm³/mol. The number of carbonyl (C=O) groups excluding carboxylic acids is 1. The van der Waals surface area contributed by atoms with E-state index in [-0.39, 0.29) is 18.3 Å². The van der Waals surface area contributed by atoms with Crippen LogP contribution in [0, 0.1) is 31.0 Å². The van der Waals surface area contributed by atoms with E-state index in [1.165, 1.54) is 17.8 Å². The first-order chi connectivity index (χ1) is 15.5. The number of para-hydroxylation sites is 1. The number of rotatable bonds is 5. The van der Waals surface area contributed by atoms with Gasteiger partial charge in [0.25, 0.3) is 0 Å². The minimum Gasteiger partial charge on any atom is -0.369 e. The number of hydrogen-bond acceptors (Lipinski definition) is 4. The quantitative estimate of drug-likeness (QED) is 0.666. The summed E-state index contributed by atoms with van der Waals surface area (Å²) in [6.45, 7) is 7.26. The van der Waals surface area contributed by atoms with Gasteiger partial charge < -0.3 is 10.2 Å². The molecular weight excluding hydrogens is 405 g/mol. The van der Waals surface area contributed by atoms with Crippen molar-refractivity contribution in [1.82, 2.24) is 9.47 Å². The van der Waals surface area contributed by atoms with Crippen LogP contribution in [-0.2, 0) is 4.79 Å². The van der Waals surface area contributed by atoms with Crippen LogP contribution in [0.2, 0.25) is 0 Å². The number of hydrogen-bond donors (Lipinski definition) is 1. The van der Waals surface area contributed by atoms with Gasteiger partial charge in [0.1, 0.15) is 17.7 Å². The molecule has 0 bridgehead atoms. The topological polar surface area (TPSA) is 64.3 Å². The molecule has 6 nitrogen and oxygen atoms in total. The second-order valence-electron chi connectivity index (χ2n) is 8.00. The third kappa shape index (κ3) is 4.36. The summed E-state index contributed by atoms with van der Waals surface area (Å²) in [7, 11) is 0. The minimum absolute atomic E-state index is 0.171. The van der Waals surface area contributed by atoms with Gasteiger partial charge in [-0.05, 0) is 55.8 Å². The highest BCUT2D eigenvalue weighted by Crippen LogP contribution is 2.30. The van der Waals surface area contributed by atoms with Crippen LogP contribution in [-0.4, -0.2) is 48.1 Å². The average molecular weight is 432 g/mol. The fourth-order valence-electron chi connectivity index (χ4n) is 4.15. The van der Waals surface area contributed by atoms with Crippen molar-refractivity contribution in [2.75, 3.05) is 42.9 Å². The number of nitriles is 1. The molecule has 4 rings (SSSR count). The van der Waals surface area contributed by atoms with E-state index >= 15 is 0 Å². The number of benzene rings is 2. The maximum absolute atomic E-state index is 13.4. The molecule has 0 radical (unpaired) electrons. The van der Waals surface area contributed by atoms with Gasteiger partial charge in [-0.15, -0.1) is 0 Å². The third-order valence-corrected chi connectivity index (χ3v) is 6.03. The average Bonchev–Trinajstić information content (AvgIpc) is 3.04. The first-order valence-corrected chi connectivity index (χ1v) is 10.7. The highest BCUT2D eigenvalue weighted by Gasteiger charge is 2.23. The van der Waals surface area contributed by atoms with E-state index < -0.39 is 0 Å². The molecule has 32 heavy (non-hydrogen) atoms. The Hall–Kier alpha value is -3.63. The number of carbonyl (C=O) groups is 1. The van der Waals surface area contributed by atoms with Gasteiger partial charge in [-0.3, -0.25) is 14.3 Å². The molecule has 1 aromatic heterocycles. The van der Waals surface area contributed by atoms with Crippen LogP contribution >= 0.6 is 0 Å². The Morgan fingerprint density at radius 1 is 1.00 bits per heavy atom. The third-order valence-electron chi connectivity index (χ3n) is 6.03. The van der Waals surface area contributed by atoms with Crippen molar-refractivity contribution >= 4 is 17.4 Å². The number of nitrogens with one attached hydrogen (secondary N) is 1. The van der Waals surface area contributed by atoms with E-state index in [1.807, 2.05) is 32.0 Å². The molecule has 1 amide bonds. The fourth-order valence-corrected chi connectivity index (χ4v) is 4.15. The Bertz CT molecular complexity index is 1140. The first kappa shape index (κ1) is 21.6. The standard InChI is InChI=1S/C25H26FN5O/c1-18-19(2)31(22-10-8-20(26)9-11-22)25(23(18)16-27)28-24(32)17-29-12-14-30(15-13-29)21-6-4-3-5-7-21/h3-11H,12-15,17H2,1-2H3,(H,28,32). The van der Waals surface area contributed by atoms with Crippen molar-refractivity contribution in [2.24, 2.45) is 0 Å². The molecule has 0 saturated carbocycles. The van der Waals surface area contributed by atoms with Gasteiger partial charge in [0, 0.05) is 43.2 Å². The fraction of sp³-hybridized carbons (Fsp3) is 0.280. The Morgan fingerprint density at radius 2 is 1.66 bits per heavy atom. The highest BCUT2D eigenvalue weighted by molar-refractivity contribution is 5.93. The van der Waals surface area contributed by atoms with E-state index in [0.717, 1.165) is 37.4 Å². The number of aromatic nitrogens is 1. The van der Waals surface area contributed by atoms with Gasteiger partial charge in [0.05, 0.1) is 12.1 Å². The second-order valence-corrected chi connectivity index (χ2v) is 8.00. The van der Waals surface area contributed by atoms with Gasteiger partial charge in [0.2, 0.25) is 5.91 Å². The van der Waals surface area contributed by atoms with Gasteiger partial charge in [-0.1, -0.05) is 18.2 Å². The number of piperazine rings is 1. The van der Waals surface area contributed by atoms with Gasteiger partial charge in [0.15, 0.2) is 0 Å². The summed E-state index contributed by atoms with van der Waals surface area (Å²) in [5.41, 5.74) is 3.94. The van der Waals surface area contributed by atoms with Crippen molar-refractivity contribution < 1.29 is 9.18 Å². The zero-order valence-electron chi connectivity index (χ0n) is 18.3. The van der Waals surface area contributed by atoms with Crippen LogP contribution in [0.1, 0.15) is 16.8 Å². The van der Waals surface area contributed by atoms with E-state index in [0.29, 0.717) is 17.1 Å². The van der Waals surface area contributed by atoms with E-state index in [9.17, 15) is 14.4 Å². The lowest BCUT2D eigenvalue weighted by Crippen LogP contribution is -2.48. The predicted octanol–water partition coefficient (Wildman–Crippen LogP) is 3.87. The summed E-state index contributed by atoms with van der Waals surface area (Å²) in [6, 6.07) is 18.5. The van der Waals surface area contributed by atoms with Crippen LogP contribution in [0.15, 0.2) is 54.6 Å². The van der Waals surface area contributed by atoms with Crippen molar-refractivity contribution in [3.05, 3.63) is 77.2 Å². The summed E-state index contributed by atoms with van der Waals surface area (Å²) in [5.74, 6) is -0.0754. The highest BCUT2D eigenvalue weighted by atomic mass is 19.1. The number of anilines is 2. The van der Waals surface area contributed by atoms with Crippen LogP contribution in [0.25, 0.3) is 5.69 Å². The Kier molecular flexibility index (Phi) is 6.24. The Balaban J connectivity index is 1.47. The summed E-state index contributed by atoms with van der Waals surface area (Å²) >= 11 is 0. The molecule has 0 aliphatic carbocycles. The van der Waals surface area contributed by atoms with E-state index in [2.05, 4.69) is 33.3 Å². The zero-order valence-corrected chi connectivity index (χ0v) is 18.3. The molecule has 7 heteroatoms. The molecule has 1 saturated heterocycles. The second kappa shape index (κ2) is 9.25. The minimum atomic E-state index is -0.337. The van der Waals surface area contributed by atoms with Gasteiger partial charge >= 0.3 is 0 Å². The largest absolute Gasteiger partial charge is 0.369 e. The normalized spacial score (nSPS) is 14.2. The molecule has 2 heterocycles. The first-order valence-electron chi connectivity index (χ1n) is 10.7. The van der Waals surface area contributed by atoms with Gasteiger partial charge in [-0.25, -0.2) is 4.39 Å². The SMILES string of the molecule is Cc1c(C#N)c(NC(=O)CN2CCN(c3ccccc3)CC2)n(-c2ccc(F)cc2)c1C. The molecule has 0 spiro atoms. The summed E-state index contributed by atoms with van der Waals surface area (Å²) in [5, 5.41) is 12.7. The molecule has 1 N–H and O–H groups in total. The molecule has 0 atom stereocenters. The van der Waals surface area contributed by atoms with Crippen LogP contribution in [0.4, 0.5) is 15.9 Å². The van der Waals surface area contributed by atoms with Crippen LogP contribution < -0.4 is 10.2 Å². The molecule has 164 valence electrons. The number of nitrogens with zero attached hydrogens (tertiary/aromatic N) is 4. The van der Waals surface area contributed by atoms with Crippen LogP contribution in [0.5, 0.6) is 0 Å². The summed E-state index contributed by atoms with van der Waals surface area (Å²) in [4.78, 5) is 17.3. The van der Waals surface area contributed by atoms with Gasteiger partial charge in [-0.2, -0.15) is 5.26 Å². The maximum atomic E-state index is 13.4. The van der Waals surface area contributed by atoms with Crippen LogP contribution in [0.3, 0.4) is 0 Å². The van der Waals surface area contributed by atoms with Crippen molar-refractivity contribution in [3.8, 4) is 11.8 Å². The van der Waals surface area contributed by atoms with Crippen molar-refractivity contribution in [2.45, 2.75) is 13.8 Å². The summed E-state index contributed by atoms with van der Waals surface area (Å²) < 4.78 is 15.2. The lowest BCUT2D eigenvalue weighted by molar-refractivity contribution is -0.117.